The van der Waals surface area contributed by atoms with Gasteiger partial charge in [0.1, 0.15) is 11.5 Å². The Balaban J connectivity index is 1.43. The molecule has 2 N–H and O–H groups in total. The minimum absolute atomic E-state index is 0.186. The third-order valence-electron chi connectivity index (χ3n) is 5.81. The lowest BCUT2D eigenvalue weighted by Gasteiger charge is -2.31. The molecule has 0 radical (unpaired) electrons. The molecular formula is C22H23FN6O2S. The zero-order valence-corrected chi connectivity index (χ0v) is 18.4. The lowest BCUT2D eigenvalue weighted by atomic mass is 10.1. The van der Waals surface area contributed by atoms with Crippen LogP contribution in [0.3, 0.4) is 0 Å². The topological polar surface area (TPSA) is 84.2 Å². The van der Waals surface area contributed by atoms with Crippen LogP contribution in [-0.4, -0.2) is 46.2 Å². The van der Waals surface area contributed by atoms with E-state index in [1.54, 1.807) is 27.6 Å². The molecule has 32 heavy (non-hydrogen) atoms. The molecule has 1 saturated heterocycles. The summed E-state index contributed by atoms with van der Waals surface area (Å²) < 4.78 is 17.1. The molecule has 1 amide bonds. The van der Waals surface area contributed by atoms with E-state index in [9.17, 15) is 14.0 Å². The average Bonchev–Trinajstić information content (AvgIpc) is 3.38. The van der Waals surface area contributed by atoms with Crippen LogP contribution >= 0.6 is 11.3 Å². The number of allylic oxidation sites excluding steroid dienone is 1. The first-order chi connectivity index (χ1) is 15.5. The SMILES string of the molecule is Cn1c2c(n(-c3nc(C(=O)Nc4cc(F)ccc4N4CCNCC4)cs3)c1=O)CCC=C2. The first-order valence-corrected chi connectivity index (χ1v) is 11.4. The molecule has 3 aromatic rings. The van der Waals surface area contributed by atoms with E-state index in [-0.39, 0.29) is 11.4 Å². The van der Waals surface area contributed by atoms with Crippen molar-refractivity contribution >= 4 is 34.7 Å². The van der Waals surface area contributed by atoms with Crippen molar-refractivity contribution in [3.63, 3.8) is 0 Å². The van der Waals surface area contributed by atoms with Crippen molar-refractivity contribution in [1.29, 1.82) is 0 Å². The van der Waals surface area contributed by atoms with Crippen molar-refractivity contribution in [2.75, 3.05) is 36.4 Å². The lowest BCUT2D eigenvalue weighted by Crippen LogP contribution is -2.43. The predicted octanol–water partition coefficient (Wildman–Crippen LogP) is 2.39. The van der Waals surface area contributed by atoms with Gasteiger partial charge in [-0.1, -0.05) is 6.08 Å². The maximum atomic E-state index is 14.0. The predicted molar refractivity (Wildman–Crippen MR) is 123 cm³/mol. The van der Waals surface area contributed by atoms with Gasteiger partial charge in [0.25, 0.3) is 5.91 Å². The molecule has 0 saturated carbocycles. The summed E-state index contributed by atoms with van der Waals surface area (Å²) in [5.74, 6) is -0.860. The Bertz CT molecular complexity index is 1270. The molecule has 5 rings (SSSR count). The number of benzene rings is 1. The molecule has 0 spiro atoms. The highest BCUT2D eigenvalue weighted by atomic mass is 32.1. The number of hydrogen-bond donors (Lipinski definition) is 2. The zero-order valence-electron chi connectivity index (χ0n) is 17.6. The summed E-state index contributed by atoms with van der Waals surface area (Å²) in [6.07, 6.45) is 5.57. The Hall–Kier alpha value is -3.24. The first-order valence-electron chi connectivity index (χ1n) is 10.5. The zero-order chi connectivity index (χ0) is 22.2. The maximum absolute atomic E-state index is 14.0. The third-order valence-corrected chi connectivity index (χ3v) is 6.63. The summed E-state index contributed by atoms with van der Waals surface area (Å²) in [6.45, 7) is 3.19. The Morgan fingerprint density at radius 3 is 2.91 bits per heavy atom. The van der Waals surface area contributed by atoms with Crippen LogP contribution in [0.4, 0.5) is 15.8 Å². The number of piperazine rings is 1. The van der Waals surface area contributed by atoms with Crippen LogP contribution in [0.15, 0.2) is 34.4 Å². The number of thiazole rings is 1. The minimum Gasteiger partial charge on any atom is -0.367 e. The van der Waals surface area contributed by atoms with Gasteiger partial charge in [-0.25, -0.2) is 18.7 Å². The van der Waals surface area contributed by atoms with Crippen molar-refractivity contribution in [2.45, 2.75) is 12.8 Å². The largest absolute Gasteiger partial charge is 0.367 e. The number of nitrogens with one attached hydrogen (secondary N) is 2. The van der Waals surface area contributed by atoms with Crippen LogP contribution in [0.2, 0.25) is 0 Å². The number of carbonyl (C=O) groups is 1. The summed E-state index contributed by atoms with van der Waals surface area (Å²) in [5, 5.41) is 8.17. The number of amides is 1. The fourth-order valence-electron chi connectivity index (χ4n) is 4.18. The molecule has 2 aliphatic rings. The summed E-state index contributed by atoms with van der Waals surface area (Å²) in [4.78, 5) is 32.3. The van der Waals surface area contributed by atoms with Gasteiger partial charge in [0.15, 0.2) is 5.13 Å². The van der Waals surface area contributed by atoms with E-state index in [1.807, 2.05) is 12.2 Å². The van der Waals surface area contributed by atoms with Crippen molar-refractivity contribution in [3.05, 3.63) is 63.0 Å². The van der Waals surface area contributed by atoms with Crippen LogP contribution in [0.5, 0.6) is 0 Å². The van der Waals surface area contributed by atoms with Crippen LogP contribution < -0.4 is 21.2 Å². The van der Waals surface area contributed by atoms with Crippen LogP contribution in [0.25, 0.3) is 11.2 Å². The fraction of sp³-hybridized carbons (Fsp3) is 0.318. The van der Waals surface area contributed by atoms with Crippen molar-refractivity contribution in [1.82, 2.24) is 19.4 Å². The standard InChI is InChI=1S/C22H23FN6O2S/c1-27-18-4-2-3-5-19(18)29(22(27)31)21-26-16(13-32-21)20(30)25-15-12-14(23)6-7-17(15)28-10-8-24-9-11-28/h2,4,6-7,12-13,24H,3,5,8-11H2,1H3,(H,25,30). The molecule has 1 aromatic carbocycles. The molecule has 166 valence electrons. The second kappa shape index (κ2) is 8.36. The third kappa shape index (κ3) is 3.65. The van der Waals surface area contributed by atoms with Crippen molar-refractivity contribution in [2.24, 2.45) is 7.05 Å². The molecule has 1 aliphatic heterocycles. The second-order valence-corrected chi connectivity index (χ2v) is 8.65. The first kappa shape index (κ1) is 20.7. The Morgan fingerprint density at radius 1 is 1.28 bits per heavy atom. The van der Waals surface area contributed by atoms with E-state index in [2.05, 4.69) is 20.5 Å². The van der Waals surface area contributed by atoms with E-state index in [0.717, 1.165) is 56.1 Å². The average molecular weight is 455 g/mol. The number of fused-ring (bicyclic) bond motifs is 1. The molecule has 0 unspecified atom stereocenters. The highest BCUT2D eigenvalue weighted by molar-refractivity contribution is 7.12. The van der Waals surface area contributed by atoms with Crippen molar-refractivity contribution < 1.29 is 9.18 Å². The number of aromatic nitrogens is 3. The Morgan fingerprint density at radius 2 is 2.09 bits per heavy atom. The van der Waals surface area contributed by atoms with Gasteiger partial charge in [0, 0.05) is 38.6 Å². The van der Waals surface area contributed by atoms with E-state index in [4.69, 9.17) is 0 Å². The summed E-state index contributed by atoms with van der Waals surface area (Å²) in [5.41, 5.74) is 2.95. The van der Waals surface area contributed by atoms with Gasteiger partial charge >= 0.3 is 5.69 Å². The number of rotatable bonds is 4. The molecule has 3 heterocycles. The van der Waals surface area contributed by atoms with Gasteiger partial charge < -0.3 is 15.5 Å². The van der Waals surface area contributed by atoms with Gasteiger partial charge in [-0.15, -0.1) is 11.3 Å². The quantitative estimate of drug-likeness (QED) is 0.633. The highest BCUT2D eigenvalue weighted by Crippen LogP contribution is 2.28. The van der Waals surface area contributed by atoms with Crippen LogP contribution in [0.1, 0.15) is 28.3 Å². The second-order valence-electron chi connectivity index (χ2n) is 7.82. The molecule has 0 bridgehead atoms. The maximum Gasteiger partial charge on any atom is 0.335 e. The molecule has 0 atom stereocenters. The molecule has 8 nitrogen and oxygen atoms in total. The Labute approximate surface area is 188 Å². The number of anilines is 2. The van der Waals surface area contributed by atoms with Gasteiger partial charge in [0.2, 0.25) is 0 Å². The summed E-state index contributed by atoms with van der Waals surface area (Å²) in [7, 11) is 1.73. The number of halogens is 1. The number of nitrogens with zero attached hydrogens (tertiary/aromatic N) is 4. The Kier molecular flexibility index (Phi) is 5.40. The molecular weight excluding hydrogens is 431 g/mol. The number of hydrogen-bond acceptors (Lipinski definition) is 6. The number of imidazole rings is 1. The fourth-order valence-corrected chi connectivity index (χ4v) is 5.01. The van der Waals surface area contributed by atoms with Gasteiger partial charge in [0.05, 0.1) is 22.8 Å². The number of carbonyl (C=O) groups excluding carboxylic acids is 1. The van der Waals surface area contributed by atoms with E-state index < -0.39 is 11.7 Å². The van der Waals surface area contributed by atoms with Gasteiger partial charge in [-0.2, -0.15) is 0 Å². The molecule has 10 heteroatoms. The summed E-state index contributed by atoms with van der Waals surface area (Å²) >= 11 is 1.24. The van der Waals surface area contributed by atoms with Gasteiger partial charge in [-0.05, 0) is 37.1 Å². The van der Waals surface area contributed by atoms with E-state index in [0.29, 0.717) is 10.8 Å². The van der Waals surface area contributed by atoms with E-state index >= 15 is 0 Å². The molecule has 1 fully saturated rings. The highest BCUT2D eigenvalue weighted by Gasteiger charge is 2.23. The monoisotopic (exact) mass is 454 g/mol. The van der Waals surface area contributed by atoms with E-state index in [1.165, 1.54) is 23.5 Å². The molecule has 2 aromatic heterocycles. The van der Waals surface area contributed by atoms with Gasteiger partial charge in [-0.3, -0.25) is 9.36 Å². The smallest absolute Gasteiger partial charge is 0.335 e. The van der Waals surface area contributed by atoms with Crippen LogP contribution in [-0.2, 0) is 13.5 Å². The lowest BCUT2D eigenvalue weighted by molar-refractivity contribution is 0.102. The molecule has 1 aliphatic carbocycles. The van der Waals surface area contributed by atoms with Crippen molar-refractivity contribution in [3.8, 4) is 5.13 Å². The normalized spacial score (nSPS) is 15.6. The minimum atomic E-state index is -0.438. The summed E-state index contributed by atoms with van der Waals surface area (Å²) in [6, 6.07) is 4.41. The van der Waals surface area contributed by atoms with Crippen LogP contribution in [0, 0.1) is 5.82 Å².